The predicted molar refractivity (Wildman–Crippen MR) is 43.9 cm³/mol. The predicted octanol–water partition coefficient (Wildman–Crippen LogP) is 2.97. The SMILES string of the molecule is CCCCC(C)C(C)N=O. The number of hydrogen-bond donors (Lipinski definition) is 0. The molecule has 60 valence electrons. The molecule has 0 aromatic rings. The van der Waals surface area contributed by atoms with Crippen LogP contribution in [0, 0.1) is 10.8 Å². The molecule has 2 atom stereocenters. The van der Waals surface area contributed by atoms with Crippen LogP contribution in [0.1, 0.15) is 40.0 Å². The van der Waals surface area contributed by atoms with Crippen LogP contribution in [0.15, 0.2) is 5.18 Å². The number of unbranched alkanes of at least 4 members (excludes halogenated alkanes) is 1. The van der Waals surface area contributed by atoms with Crippen molar-refractivity contribution in [3.8, 4) is 0 Å². The molecule has 0 aromatic heterocycles. The van der Waals surface area contributed by atoms with Crippen molar-refractivity contribution in [1.29, 1.82) is 0 Å². The van der Waals surface area contributed by atoms with Gasteiger partial charge in [0.05, 0.1) is 6.04 Å². The molecule has 0 rings (SSSR count). The van der Waals surface area contributed by atoms with Crippen molar-refractivity contribution in [2.45, 2.75) is 46.1 Å². The summed E-state index contributed by atoms with van der Waals surface area (Å²) in [5.74, 6) is 0.456. The summed E-state index contributed by atoms with van der Waals surface area (Å²) in [5, 5.41) is 2.99. The van der Waals surface area contributed by atoms with Gasteiger partial charge in [-0.25, -0.2) is 0 Å². The first kappa shape index (κ1) is 9.60. The van der Waals surface area contributed by atoms with Crippen LogP contribution in [0.25, 0.3) is 0 Å². The summed E-state index contributed by atoms with van der Waals surface area (Å²) < 4.78 is 0. The molecule has 0 saturated heterocycles. The van der Waals surface area contributed by atoms with E-state index in [1.165, 1.54) is 12.8 Å². The number of rotatable bonds is 5. The molecule has 0 aliphatic carbocycles. The number of nitrogens with zero attached hydrogens (tertiary/aromatic N) is 1. The monoisotopic (exact) mass is 143 g/mol. The molecule has 0 heterocycles. The van der Waals surface area contributed by atoms with Gasteiger partial charge in [0.2, 0.25) is 0 Å². The van der Waals surface area contributed by atoms with Crippen LogP contribution in [-0.2, 0) is 0 Å². The second-order valence-electron chi connectivity index (χ2n) is 2.97. The van der Waals surface area contributed by atoms with E-state index in [0.29, 0.717) is 5.92 Å². The molecule has 10 heavy (non-hydrogen) atoms. The molecule has 0 saturated carbocycles. The molecule has 0 N–H and O–H groups in total. The standard InChI is InChI=1S/C8H17NO/c1-4-5-6-7(2)8(3)9-10/h7-8H,4-6H2,1-3H3. The minimum atomic E-state index is -0.00782. The lowest BCUT2D eigenvalue weighted by molar-refractivity contribution is 0.434. The van der Waals surface area contributed by atoms with Gasteiger partial charge in [0.1, 0.15) is 0 Å². The van der Waals surface area contributed by atoms with Gasteiger partial charge in [0.25, 0.3) is 0 Å². The second kappa shape index (κ2) is 5.39. The molecular formula is C8H17NO. The molecule has 0 fully saturated rings. The molecule has 0 radical (unpaired) electrons. The van der Waals surface area contributed by atoms with E-state index >= 15 is 0 Å². The molecule has 2 unspecified atom stereocenters. The van der Waals surface area contributed by atoms with Gasteiger partial charge in [-0.2, -0.15) is 4.91 Å². The molecule has 2 nitrogen and oxygen atoms in total. The Morgan fingerprint density at radius 2 is 2.00 bits per heavy atom. The fraction of sp³-hybridized carbons (Fsp3) is 1.00. The Hall–Kier alpha value is -0.400. The van der Waals surface area contributed by atoms with Crippen LogP contribution in [0.4, 0.5) is 0 Å². The highest BCUT2D eigenvalue weighted by molar-refractivity contribution is 4.66. The Balaban J connectivity index is 3.40. The minimum absolute atomic E-state index is 0.00782. The average molecular weight is 143 g/mol. The van der Waals surface area contributed by atoms with Gasteiger partial charge < -0.3 is 0 Å². The van der Waals surface area contributed by atoms with Crippen molar-refractivity contribution < 1.29 is 0 Å². The van der Waals surface area contributed by atoms with E-state index in [-0.39, 0.29) is 6.04 Å². The lowest BCUT2D eigenvalue weighted by Gasteiger charge is -2.11. The largest absolute Gasteiger partial charge is 0.151 e. The van der Waals surface area contributed by atoms with Gasteiger partial charge >= 0.3 is 0 Å². The summed E-state index contributed by atoms with van der Waals surface area (Å²) in [6, 6.07) is -0.00782. The third-order valence-corrected chi connectivity index (χ3v) is 2.00. The summed E-state index contributed by atoms with van der Waals surface area (Å²) in [6.07, 6.45) is 3.54. The fourth-order valence-corrected chi connectivity index (χ4v) is 0.871. The van der Waals surface area contributed by atoms with Crippen molar-refractivity contribution in [1.82, 2.24) is 0 Å². The normalized spacial score (nSPS) is 16.3. The number of nitroso groups, excluding NO2 is 1. The van der Waals surface area contributed by atoms with E-state index < -0.39 is 0 Å². The van der Waals surface area contributed by atoms with E-state index in [1.54, 1.807) is 0 Å². The zero-order valence-corrected chi connectivity index (χ0v) is 7.13. The van der Waals surface area contributed by atoms with Crippen molar-refractivity contribution in [2.24, 2.45) is 11.1 Å². The van der Waals surface area contributed by atoms with Crippen LogP contribution >= 0.6 is 0 Å². The molecule has 0 aliphatic heterocycles. The third-order valence-electron chi connectivity index (χ3n) is 2.00. The maximum Gasteiger partial charge on any atom is 0.0917 e. The molecule has 0 bridgehead atoms. The highest BCUT2D eigenvalue weighted by atomic mass is 16.3. The first-order chi connectivity index (χ1) is 4.72. The van der Waals surface area contributed by atoms with Crippen LogP contribution in [0.2, 0.25) is 0 Å². The Bertz CT molecular complexity index is 93.3. The highest BCUT2D eigenvalue weighted by Gasteiger charge is 2.10. The molecule has 2 heteroatoms. The summed E-state index contributed by atoms with van der Waals surface area (Å²) in [7, 11) is 0. The van der Waals surface area contributed by atoms with E-state index in [1.807, 2.05) is 6.92 Å². The van der Waals surface area contributed by atoms with E-state index in [2.05, 4.69) is 19.0 Å². The van der Waals surface area contributed by atoms with Crippen LogP contribution in [0.5, 0.6) is 0 Å². The minimum Gasteiger partial charge on any atom is -0.151 e. The molecule has 0 aliphatic rings. The maximum absolute atomic E-state index is 10.1. The first-order valence-electron chi connectivity index (χ1n) is 4.04. The topological polar surface area (TPSA) is 29.4 Å². The Kier molecular flexibility index (Phi) is 5.17. The van der Waals surface area contributed by atoms with Crippen molar-refractivity contribution in [2.75, 3.05) is 0 Å². The maximum atomic E-state index is 10.1. The molecule has 0 aromatic carbocycles. The summed E-state index contributed by atoms with van der Waals surface area (Å²) >= 11 is 0. The Morgan fingerprint density at radius 1 is 1.40 bits per heavy atom. The summed E-state index contributed by atoms with van der Waals surface area (Å²) in [6.45, 7) is 6.13. The quantitative estimate of drug-likeness (QED) is 0.544. The first-order valence-corrected chi connectivity index (χ1v) is 4.04. The van der Waals surface area contributed by atoms with Crippen molar-refractivity contribution >= 4 is 0 Å². The number of hydrogen-bond acceptors (Lipinski definition) is 2. The second-order valence-corrected chi connectivity index (χ2v) is 2.97. The highest BCUT2D eigenvalue weighted by Crippen LogP contribution is 2.13. The van der Waals surface area contributed by atoms with Crippen molar-refractivity contribution in [3.63, 3.8) is 0 Å². The zero-order chi connectivity index (χ0) is 7.98. The fourth-order valence-electron chi connectivity index (χ4n) is 0.871. The summed E-state index contributed by atoms with van der Waals surface area (Å²) in [4.78, 5) is 10.1. The Labute approximate surface area is 63.0 Å². The van der Waals surface area contributed by atoms with E-state index in [0.717, 1.165) is 6.42 Å². The van der Waals surface area contributed by atoms with Gasteiger partial charge in [0.15, 0.2) is 0 Å². The zero-order valence-electron chi connectivity index (χ0n) is 7.13. The lowest BCUT2D eigenvalue weighted by atomic mass is 9.98. The van der Waals surface area contributed by atoms with Crippen molar-refractivity contribution in [3.05, 3.63) is 4.91 Å². The van der Waals surface area contributed by atoms with Gasteiger partial charge in [-0.1, -0.05) is 31.9 Å². The average Bonchev–Trinajstić information content (AvgIpc) is 1.98. The van der Waals surface area contributed by atoms with Crippen LogP contribution in [-0.4, -0.2) is 6.04 Å². The van der Waals surface area contributed by atoms with Gasteiger partial charge in [-0.3, -0.25) is 0 Å². The van der Waals surface area contributed by atoms with Crippen LogP contribution in [0.3, 0.4) is 0 Å². The molecular weight excluding hydrogens is 126 g/mol. The van der Waals surface area contributed by atoms with Crippen LogP contribution < -0.4 is 0 Å². The third kappa shape index (κ3) is 3.59. The molecule has 0 amide bonds. The van der Waals surface area contributed by atoms with Gasteiger partial charge in [-0.15, -0.1) is 0 Å². The lowest BCUT2D eigenvalue weighted by Crippen LogP contribution is -2.10. The summed E-state index contributed by atoms with van der Waals surface area (Å²) in [5.41, 5.74) is 0. The van der Waals surface area contributed by atoms with Gasteiger partial charge in [0, 0.05) is 0 Å². The van der Waals surface area contributed by atoms with E-state index in [4.69, 9.17) is 0 Å². The van der Waals surface area contributed by atoms with E-state index in [9.17, 15) is 4.91 Å². The Morgan fingerprint density at radius 3 is 2.40 bits per heavy atom. The smallest absolute Gasteiger partial charge is 0.0917 e. The molecule has 0 spiro atoms. The van der Waals surface area contributed by atoms with Gasteiger partial charge in [-0.05, 0) is 19.3 Å².